The van der Waals surface area contributed by atoms with E-state index in [1.165, 1.54) is 58.0 Å². The van der Waals surface area contributed by atoms with Gasteiger partial charge < -0.3 is 15.1 Å². The summed E-state index contributed by atoms with van der Waals surface area (Å²) in [6.07, 6.45) is 9.55. The van der Waals surface area contributed by atoms with E-state index in [-0.39, 0.29) is 0 Å². The topological polar surface area (TPSA) is 18.5 Å². The molecule has 2 aliphatic rings. The van der Waals surface area contributed by atoms with Crippen LogP contribution in [-0.4, -0.2) is 61.7 Å². The summed E-state index contributed by atoms with van der Waals surface area (Å²) < 4.78 is 0. The van der Waals surface area contributed by atoms with Gasteiger partial charge in [0.2, 0.25) is 0 Å². The molecule has 1 N–H and O–H groups in total. The van der Waals surface area contributed by atoms with Crippen LogP contribution >= 0.6 is 0 Å². The Kier molecular flexibility index (Phi) is 5.27. The number of hydrogen-bond donors (Lipinski definition) is 1. The van der Waals surface area contributed by atoms with Gasteiger partial charge in [0.15, 0.2) is 0 Å². The van der Waals surface area contributed by atoms with Crippen molar-refractivity contribution in [3.05, 3.63) is 0 Å². The smallest absolute Gasteiger partial charge is 0.0330 e. The molecule has 0 saturated heterocycles. The summed E-state index contributed by atoms with van der Waals surface area (Å²) in [7, 11) is 6.86. The van der Waals surface area contributed by atoms with Gasteiger partial charge >= 0.3 is 0 Å². The predicted octanol–water partition coefficient (Wildman–Crippen LogP) is 2.32. The minimum Gasteiger partial charge on any atom is -0.312 e. The molecular formula is C16H33N3. The fourth-order valence-electron chi connectivity index (χ4n) is 3.95. The van der Waals surface area contributed by atoms with Crippen LogP contribution in [-0.2, 0) is 0 Å². The van der Waals surface area contributed by atoms with Crippen LogP contribution < -0.4 is 5.32 Å². The molecule has 19 heavy (non-hydrogen) atoms. The first-order valence-electron chi connectivity index (χ1n) is 8.20. The molecule has 0 aromatic rings. The Labute approximate surface area is 119 Å². The average molecular weight is 267 g/mol. The van der Waals surface area contributed by atoms with E-state index < -0.39 is 0 Å². The van der Waals surface area contributed by atoms with Crippen molar-refractivity contribution < 1.29 is 0 Å². The Morgan fingerprint density at radius 2 is 1.84 bits per heavy atom. The van der Waals surface area contributed by atoms with Crippen LogP contribution in [0, 0.1) is 0 Å². The van der Waals surface area contributed by atoms with Crippen LogP contribution in [0.15, 0.2) is 0 Å². The van der Waals surface area contributed by atoms with Crippen molar-refractivity contribution in [2.24, 2.45) is 0 Å². The lowest BCUT2D eigenvalue weighted by atomic mass is 9.75. The highest BCUT2D eigenvalue weighted by atomic mass is 15.3. The molecule has 0 aromatic heterocycles. The maximum atomic E-state index is 3.76. The maximum absolute atomic E-state index is 3.76. The van der Waals surface area contributed by atoms with E-state index in [1.807, 2.05) is 0 Å². The summed E-state index contributed by atoms with van der Waals surface area (Å²) in [4.78, 5) is 5.12. The van der Waals surface area contributed by atoms with E-state index in [2.05, 4.69) is 43.2 Å². The van der Waals surface area contributed by atoms with Gasteiger partial charge in [-0.15, -0.1) is 0 Å². The Morgan fingerprint density at radius 1 is 1.11 bits per heavy atom. The fraction of sp³-hybridized carbons (Fsp3) is 1.00. The van der Waals surface area contributed by atoms with Crippen molar-refractivity contribution in [1.82, 2.24) is 15.1 Å². The summed E-state index contributed by atoms with van der Waals surface area (Å²) in [5.41, 5.74) is 0.465. The second-order valence-electron chi connectivity index (χ2n) is 6.95. The highest BCUT2D eigenvalue weighted by molar-refractivity contribution is 5.00. The van der Waals surface area contributed by atoms with Crippen LogP contribution in [0.25, 0.3) is 0 Å². The zero-order valence-electron chi connectivity index (χ0n) is 13.4. The van der Waals surface area contributed by atoms with Crippen molar-refractivity contribution in [1.29, 1.82) is 0 Å². The molecule has 2 unspecified atom stereocenters. The average Bonchev–Trinajstić information content (AvgIpc) is 2.78. The SMILES string of the molecule is CCCNC1CCCC1N(C)CC1(N(C)C)CCC1. The van der Waals surface area contributed by atoms with E-state index in [0.29, 0.717) is 5.54 Å². The third-order valence-electron chi connectivity index (χ3n) is 5.48. The molecule has 3 heteroatoms. The van der Waals surface area contributed by atoms with Crippen LogP contribution in [0.3, 0.4) is 0 Å². The van der Waals surface area contributed by atoms with Gasteiger partial charge in [-0.3, -0.25) is 0 Å². The molecule has 2 rings (SSSR count). The summed E-state index contributed by atoms with van der Waals surface area (Å²) >= 11 is 0. The summed E-state index contributed by atoms with van der Waals surface area (Å²) in [6, 6.07) is 1.48. The Hall–Kier alpha value is -0.120. The number of likely N-dealkylation sites (N-methyl/N-ethyl adjacent to an activating group) is 2. The second kappa shape index (κ2) is 6.55. The molecule has 3 nitrogen and oxygen atoms in total. The first-order valence-corrected chi connectivity index (χ1v) is 8.20. The lowest BCUT2D eigenvalue weighted by Gasteiger charge is -2.50. The molecule has 0 spiro atoms. The molecular weight excluding hydrogens is 234 g/mol. The van der Waals surface area contributed by atoms with Gasteiger partial charge in [-0.05, 0) is 66.2 Å². The van der Waals surface area contributed by atoms with Gasteiger partial charge in [-0.1, -0.05) is 13.3 Å². The highest BCUT2D eigenvalue weighted by Gasteiger charge is 2.42. The van der Waals surface area contributed by atoms with Crippen molar-refractivity contribution in [2.45, 2.75) is 69.5 Å². The van der Waals surface area contributed by atoms with E-state index in [9.17, 15) is 0 Å². The lowest BCUT2D eigenvalue weighted by molar-refractivity contribution is 0.0136. The minimum atomic E-state index is 0.465. The Balaban J connectivity index is 1.89. The van der Waals surface area contributed by atoms with Gasteiger partial charge in [0.1, 0.15) is 0 Å². The number of nitrogens with zero attached hydrogens (tertiary/aromatic N) is 2. The predicted molar refractivity (Wildman–Crippen MR) is 82.6 cm³/mol. The molecule has 2 aliphatic carbocycles. The standard InChI is InChI=1S/C16H33N3/c1-5-12-17-14-8-6-9-15(14)19(4)13-16(18(2)3)10-7-11-16/h14-15,17H,5-13H2,1-4H3. The minimum absolute atomic E-state index is 0.465. The third-order valence-corrected chi connectivity index (χ3v) is 5.48. The molecule has 0 amide bonds. The molecule has 0 bridgehead atoms. The lowest BCUT2D eigenvalue weighted by Crippen LogP contribution is -2.59. The normalized spacial score (nSPS) is 30.0. The Bertz CT molecular complexity index is 273. The quantitative estimate of drug-likeness (QED) is 0.764. The maximum Gasteiger partial charge on any atom is 0.0330 e. The van der Waals surface area contributed by atoms with Crippen molar-refractivity contribution in [3.63, 3.8) is 0 Å². The largest absolute Gasteiger partial charge is 0.312 e. The van der Waals surface area contributed by atoms with Gasteiger partial charge in [-0.25, -0.2) is 0 Å². The van der Waals surface area contributed by atoms with Gasteiger partial charge in [-0.2, -0.15) is 0 Å². The summed E-state index contributed by atoms with van der Waals surface area (Å²) in [6.45, 7) is 4.68. The van der Waals surface area contributed by atoms with E-state index in [0.717, 1.165) is 12.1 Å². The van der Waals surface area contributed by atoms with E-state index in [4.69, 9.17) is 0 Å². The zero-order valence-corrected chi connectivity index (χ0v) is 13.4. The number of hydrogen-bond acceptors (Lipinski definition) is 3. The second-order valence-corrected chi connectivity index (χ2v) is 6.95. The molecule has 0 aromatic carbocycles. The van der Waals surface area contributed by atoms with Gasteiger partial charge in [0, 0.05) is 24.2 Å². The fourth-order valence-corrected chi connectivity index (χ4v) is 3.95. The van der Waals surface area contributed by atoms with Crippen LogP contribution in [0.1, 0.15) is 51.9 Å². The molecule has 0 aliphatic heterocycles. The monoisotopic (exact) mass is 267 g/mol. The molecule has 112 valence electrons. The molecule has 0 radical (unpaired) electrons. The summed E-state index contributed by atoms with van der Waals surface area (Å²) in [5.74, 6) is 0. The van der Waals surface area contributed by atoms with Crippen molar-refractivity contribution in [3.8, 4) is 0 Å². The molecule has 0 heterocycles. The van der Waals surface area contributed by atoms with Crippen LogP contribution in [0.2, 0.25) is 0 Å². The van der Waals surface area contributed by atoms with E-state index in [1.54, 1.807) is 0 Å². The highest BCUT2D eigenvalue weighted by Crippen LogP contribution is 2.38. The summed E-state index contributed by atoms with van der Waals surface area (Å²) in [5, 5.41) is 3.76. The molecule has 2 fully saturated rings. The first-order chi connectivity index (χ1) is 9.09. The number of nitrogens with one attached hydrogen (secondary N) is 1. The van der Waals surface area contributed by atoms with Crippen molar-refractivity contribution in [2.75, 3.05) is 34.2 Å². The number of rotatable bonds is 7. The zero-order chi connectivity index (χ0) is 13.9. The van der Waals surface area contributed by atoms with E-state index >= 15 is 0 Å². The van der Waals surface area contributed by atoms with Crippen LogP contribution in [0.5, 0.6) is 0 Å². The third kappa shape index (κ3) is 3.32. The van der Waals surface area contributed by atoms with Gasteiger partial charge in [0.25, 0.3) is 0 Å². The first kappa shape index (κ1) is 15.3. The van der Waals surface area contributed by atoms with Crippen molar-refractivity contribution >= 4 is 0 Å². The van der Waals surface area contributed by atoms with Gasteiger partial charge in [0.05, 0.1) is 0 Å². The molecule has 2 atom stereocenters. The van der Waals surface area contributed by atoms with Crippen LogP contribution in [0.4, 0.5) is 0 Å². The molecule has 2 saturated carbocycles. The Morgan fingerprint density at radius 3 is 2.37 bits per heavy atom.